The Kier molecular flexibility index (Phi) is 5.34. The van der Waals surface area contributed by atoms with E-state index in [9.17, 15) is 0 Å². The van der Waals surface area contributed by atoms with Crippen LogP contribution < -0.4 is 0 Å². The molecule has 0 nitrogen and oxygen atoms in total. The van der Waals surface area contributed by atoms with Crippen LogP contribution in [0.5, 0.6) is 0 Å². The van der Waals surface area contributed by atoms with E-state index in [0.29, 0.717) is 0 Å². The summed E-state index contributed by atoms with van der Waals surface area (Å²) in [5.74, 6) is 4.95. The Morgan fingerprint density at radius 3 is 2.44 bits per heavy atom. The van der Waals surface area contributed by atoms with Crippen molar-refractivity contribution in [1.29, 1.82) is 0 Å². The lowest BCUT2D eigenvalue weighted by Crippen LogP contribution is -2.34. The third-order valence-electron chi connectivity index (χ3n) is 7.77. The molecule has 0 aromatic heterocycles. The van der Waals surface area contributed by atoms with Crippen molar-refractivity contribution in [1.82, 2.24) is 0 Å². The summed E-state index contributed by atoms with van der Waals surface area (Å²) >= 11 is 0. The van der Waals surface area contributed by atoms with E-state index in [-0.39, 0.29) is 0 Å². The number of rotatable bonds is 3. The first kappa shape index (κ1) is 17.4. The molecule has 0 heteroatoms. The van der Waals surface area contributed by atoms with Crippen molar-refractivity contribution in [2.24, 2.45) is 29.6 Å². The highest BCUT2D eigenvalue weighted by molar-refractivity contribution is 5.34. The first-order valence-electron chi connectivity index (χ1n) is 11.0. The molecule has 0 N–H and O–H groups in total. The molecule has 0 saturated heterocycles. The van der Waals surface area contributed by atoms with Crippen molar-refractivity contribution in [3.8, 4) is 0 Å². The van der Waals surface area contributed by atoms with Crippen LogP contribution in [0.3, 0.4) is 0 Å². The van der Waals surface area contributed by atoms with Gasteiger partial charge in [0.05, 0.1) is 0 Å². The highest BCUT2D eigenvalue weighted by Gasteiger charge is 2.38. The van der Waals surface area contributed by atoms with Crippen molar-refractivity contribution < 1.29 is 0 Å². The fourth-order valence-electron chi connectivity index (χ4n) is 6.30. The van der Waals surface area contributed by atoms with E-state index < -0.39 is 0 Å². The Balaban J connectivity index is 1.38. The monoisotopic (exact) mass is 336 g/mol. The molecule has 2 saturated carbocycles. The molecule has 5 atom stereocenters. The molecular weight excluding hydrogens is 300 g/mol. The molecule has 0 amide bonds. The molecule has 1 aromatic rings. The second kappa shape index (κ2) is 7.68. The summed E-state index contributed by atoms with van der Waals surface area (Å²) in [6, 6.07) is 7.32. The van der Waals surface area contributed by atoms with E-state index in [2.05, 4.69) is 44.2 Å². The molecule has 136 valence electrons. The maximum absolute atomic E-state index is 2.49. The maximum Gasteiger partial charge on any atom is -0.0231 e. The average molecular weight is 337 g/mol. The molecule has 0 heterocycles. The SMILES string of the molecule is CC=C[C@@H]1CC[C@@H]2CC(C3CCc4cc(CC)ccc4C3)CC[C@@H]2C1. The Labute approximate surface area is 155 Å². The van der Waals surface area contributed by atoms with Gasteiger partial charge in [-0.2, -0.15) is 0 Å². The molecular formula is C25H36. The summed E-state index contributed by atoms with van der Waals surface area (Å²) in [4.78, 5) is 0. The zero-order valence-corrected chi connectivity index (χ0v) is 16.3. The zero-order chi connectivity index (χ0) is 17.2. The van der Waals surface area contributed by atoms with Gasteiger partial charge in [-0.15, -0.1) is 0 Å². The Hall–Kier alpha value is -1.04. The van der Waals surface area contributed by atoms with Gasteiger partial charge in [-0.1, -0.05) is 37.3 Å². The fraction of sp³-hybridized carbons (Fsp3) is 0.680. The van der Waals surface area contributed by atoms with Crippen molar-refractivity contribution in [2.45, 2.75) is 78.1 Å². The number of aryl methyl sites for hydroxylation is 2. The van der Waals surface area contributed by atoms with Gasteiger partial charge in [0.2, 0.25) is 0 Å². The number of hydrogen-bond donors (Lipinski definition) is 0. The van der Waals surface area contributed by atoms with E-state index in [0.717, 1.165) is 29.6 Å². The molecule has 0 spiro atoms. The summed E-state index contributed by atoms with van der Waals surface area (Å²) in [5.41, 5.74) is 4.86. The average Bonchev–Trinajstić information content (AvgIpc) is 2.67. The molecule has 0 aliphatic heterocycles. The molecule has 0 radical (unpaired) electrons. The van der Waals surface area contributed by atoms with E-state index in [1.807, 2.05) is 0 Å². The van der Waals surface area contributed by atoms with Crippen LogP contribution in [0, 0.1) is 29.6 Å². The highest BCUT2D eigenvalue weighted by atomic mass is 14.4. The first-order chi connectivity index (χ1) is 12.3. The number of allylic oxidation sites excluding steroid dienone is 2. The minimum absolute atomic E-state index is 0.886. The van der Waals surface area contributed by atoms with Gasteiger partial charge in [-0.05, 0) is 117 Å². The predicted molar refractivity (Wildman–Crippen MR) is 108 cm³/mol. The quantitative estimate of drug-likeness (QED) is 0.535. The lowest BCUT2D eigenvalue weighted by atomic mass is 9.61. The van der Waals surface area contributed by atoms with Gasteiger partial charge in [-0.3, -0.25) is 0 Å². The van der Waals surface area contributed by atoms with Crippen LogP contribution in [-0.4, -0.2) is 0 Å². The van der Waals surface area contributed by atoms with Crippen LogP contribution in [0.25, 0.3) is 0 Å². The van der Waals surface area contributed by atoms with Crippen LogP contribution in [-0.2, 0) is 19.3 Å². The number of fused-ring (bicyclic) bond motifs is 2. The Morgan fingerprint density at radius 2 is 1.64 bits per heavy atom. The van der Waals surface area contributed by atoms with Crippen molar-refractivity contribution in [3.63, 3.8) is 0 Å². The van der Waals surface area contributed by atoms with E-state index in [4.69, 9.17) is 0 Å². The van der Waals surface area contributed by atoms with Crippen LogP contribution in [0.4, 0.5) is 0 Å². The third kappa shape index (κ3) is 3.74. The highest BCUT2D eigenvalue weighted by Crippen LogP contribution is 2.48. The van der Waals surface area contributed by atoms with E-state index in [1.54, 1.807) is 17.5 Å². The zero-order valence-electron chi connectivity index (χ0n) is 16.3. The van der Waals surface area contributed by atoms with Gasteiger partial charge >= 0.3 is 0 Å². The minimum Gasteiger partial charge on any atom is -0.0914 e. The summed E-state index contributed by atoms with van der Waals surface area (Å²) in [6.07, 6.45) is 19.1. The Morgan fingerprint density at radius 1 is 0.880 bits per heavy atom. The van der Waals surface area contributed by atoms with Gasteiger partial charge in [-0.25, -0.2) is 0 Å². The van der Waals surface area contributed by atoms with Gasteiger partial charge in [0.25, 0.3) is 0 Å². The lowest BCUT2D eigenvalue weighted by molar-refractivity contribution is 0.0810. The molecule has 2 fully saturated rings. The second-order valence-electron chi connectivity index (χ2n) is 9.15. The number of benzene rings is 1. The lowest BCUT2D eigenvalue weighted by Gasteiger charge is -2.44. The fourth-order valence-corrected chi connectivity index (χ4v) is 6.30. The van der Waals surface area contributed by atoms with E-state index in [1.165, 1.54) is 63.4 Å². The second-order valence-corrected chi connectivity index (χ2v) is 9.15. The first-order valence-corrected chi connectivity index (χ1v) is 11.0. The molecule has 4 rings (SSSR count). The molecule has 3 aliphatic rings. The minimum atomic E-state index is 0.886. The van der Waals surface area contributed by atoms with Crippen molar-refractivity contribution >= 4 is 0 Å². The predicted octanol–water partition coefficient (Wildman–Crippen LogP) is 6.76. The summed E-state index contributed by atoms with van der Waals surface area (Å²) in [6.45, 7) is 4.46. The normalized spacial score (nSPS) is 35.4. The van der Waals surface area contributed by atoms with Crippen molar-refractivity contribution in [3.05, 3.63) is 47.0 Å². The van der Waals surface area contributed by atoms with Gasteiger partial charge < -0.3 is 0 Å². The molecule has 0 bridgehead atoms. The third-order valence-corrected chi connectivity index (χ3v) is 7.77. The van der Waals surface area contributed by atoms with Gasteiger partial charge in [0.1, 0.15) is 0 Å². The van der Waals surface area contributed by atoms with Crippen LogP contribution in [0.1, 0.15) is 75.5 Å². The van der Waals surface area contributed by atoms with Crippen LogP contribution in [0.15, 0.2) is 30.4 Å². The largest absolute Gasteiger partial charge is 0.0914 e. The van der Waals surface area contributed by atoms with Gasteiger partial charge in [0, 0.05) is 0 Å². The molecule has 3 aliphatic carbocycles. The summed E-state index contributed by atoms with van der Waals surface area (Å²) in [5, 5.41) is 0. The molecule has 25 heavy (non-hydrogen) atoms. The molecule has 1 aromatic carbocycles. The standard InChI is InChI=1S/C25H36/c1-3-5-19-7-9-23-17-25(13-11-21(23)15-19)24-12-10-20-14-18(4-2)6-8-22(20)16-24/h3,5-6,8,14,19,21,23-25H,4,7,9-13,15-17H2,1-2H3/t19-,21-,23-,24?,25?/m1/s1. The summed E-state index contributed by atoms with van der Waals surface area (Å²) < 4.78 is 0. The maximum atomic E-state index is 2.49. The molecule has 2 unspecified atom stereocenters. The van der Waals surface area contributed by atoms with Crippen molar-refractivity contribution in [2.75, 3.05) is 0 Å². The van der Waals surface area contributed by atoms with E-state index >= 15 is 0 Å². The number of hydrogen-bond acceptors (Lipinski definition) is 0. The summed E-state index contributed by atoms with van der Waals surface area (Å²) in [7, 11) is 0. The Bertz CT molecular complexity index is 610. The van der Waals surface area contributed by atoms with Crippen LogP contribution in [0.2, 0.25) is 0 Å². The smallest absolute Gasteiger partial charge is 0.0231 e. The van der Waals surface area contributed by atoms with Crippen LogP contribution >= 0.6 is 0 Å². The van der Waals surface area contributed by atoms with Gasteiger partial charge in [0.15, 0.2) is 0 Å². The topological polar surface area (TPSA) is 0 Å².